The van der Waals surface area contributed by atoms with Crippen LogP contribution in [0.2, 0.25) is 0 Å². The summed E-state index contributed by atoms with van der Waals surface area (Å²) >= 11 is 0. The highest BCUT2D eigenvalue weighted by molar-refractivity contribution is 7.89. The molecule has 0 spiro atoms. The van der Waals surface area contributed by atoms with Crippen LogP contribution < -0.4 is 5.32 Å². The molecule has 21 heavy (non-hydrogen) atoms. The number of nitrogens with zero attached hydrogens (tertiary/aromatic N) is 2. The topological polar surface area (TPSA) is 92.5 Å². The molecule has 3 rings (SSSR count). The smallest absolute Gasteiger partial charge is 0.292 e. The molecule has 0 amide bonds. The lowest BCUT2D eigenvalue weighted by Gasteiger charge is -2.22. The molecule has 0 aliphatic carbocycles. The molecule has 0 unspecified atom stereocenters. The van der Waals surface area contributed by atoms with E-state index < -0.39 is 31.3 Å². The molecule has 1 aromatic rings. The molecule has 1 aromatic carbocycles. The van der Waals surface area contributed by atoms with Crippen molar-refractivity contribution in [2.45, 2.75) is 17.4 Å². The summed E-state index contributed by atoms with van der Waals surface area (Å²) in [6.45, 7) is 1.63. The molecule has 0 radical (unpaired) electrons. The van der Waals surface area contributed by atoms with Crippen LogP contribution in [0, 0.1) is 21.8 Å². The van der Waals surface area contributed by atoms with Gasteiger partial charge in [-0.25, -0.2) is 12.8 Å². The van der Waals surface area contributed by atoms with E-state index in [4.69, 9.17) is 0 Å². The largest absolute Gasteiger partial charge is 0.315 e. The highest BCUT2D eigenvalue weighted by Crippen LogP contribution is 2.35. The van der Waals surface area contributed by atoms with E-state index in [9.17, 15) is 22.9 Å². The molecule has 2 fully saturated rings. The van der Waals surface area contributed by atoms with Crippen molar-refractivity contribution in [3.63, 3.8) is 0 Å². The molecule has 2 saturated heterocycles. The Morgan fingerprint density at radius 1 is 1.38 bits per heavy atom. The first-order chi connectivity index (χ1) is 9.91. The van der Waals surface area contributed by atoms with E-state index in [1.54, 1.807) is 0 Å². The summed E-state index contributed by atoms with van der Waals surface area (Å²) in [7, 11) is -4.00. The molecule has 1 N–H and O–H groups in total. The van der Waals surface area contributed by atoms with E-state index in [2.05, 4.69) is 5.32 Å². The number of fused-ring (bicyclic) bond motifs is 1. The van der Waals surface area contributed by atoms with Gasteiger partial charge in [-0.2, -0.15) is 4.31 Å². The second-order valence-electron chi connectivity index (χ2n) is 5.26. The van der Waals surface area contributed by atoms with E-state index in [-0.39, 0.29) is 12.0 Å². The van der Waals surface area contributed by atoms with Crippen LogP contribution in [0.25, 0.3) is 0 Å². The highest BCUT2D eigenvalue weighted by Gasteiger charge is 2.45. The van der Waals surface area contributed by atoms with Crippen LogP contribution in [0.15, 0.2) is 23.1 Å². The number of benzene rings is 1. The van der Waals surface area contributed by atoms with Crippen molar-refractivity contribution < 1.29 is 17.7 Å². The summed E-state index contributed by atoms with van der Waals surface area (Å²) in [5.41, 5.74) is -0.718. The Morgan fingerprint density at radius 3 is 2.86 bits per heavy atom. The van der Waals surface area contributed by atoms with Crippen LogP contribution >= 0.6 is 0 Å². The molecule has 0 aromatic heterocycles. The third-order valence-corrected chi connectivity index (χ3v) is 6.07. The van der Waals surface area contributed by atoms with E-state index >= 15 is 0 Å². The molecule has 0 saturated carbocycles. The van der Waals surface area contributed by atoms with Crippen LogP contribution in [-0.4, -0.2) is 43.3 Å². The van der Waals surface area contributed by atoms with Crippen LogP contribution in [-0.2, 0) is 10.0 Å². The second-order valence-corrected chi connectivity index (χ2v) is 7.12. The summed E-state index contributed by atoms with van der Waals surface area (Å²) in [4.78, 5) is 9.70. The Balaban J connectivity index is 2.05. The molecule has 2 aliphatic rings. The van der Waals surface area contributed by atoms with Gasteiger partial charge in [0.1, 0.15) is 5.82 Å². The minimum atomic E-state index is -4.00. The van der Waals surface area contributed by atoms with Crippen LogP contribution in [0.4, 0.5) is 10.1 Å². The number of hydrogen-bond donors (Lipinski definition) is 1. The average Bonchev–Trinajstić information content (AvgIpc) is 2.99. The molecule has 2 aliphatic heterocycles. The number of hydrogen-bond acceptors (Lipinski definition) is 5. The minimum Gasteiger partial charge on any atom is -0.315 e. The van der Waals surface area contributed by atoms with Crippen LogP contribution in [0.5, 0.6) is 0 Å². The summed E-state index contributed by atoms with van der Waals surface area (Å²) in [6.07, 6.45) is 0.728. The molecular formula is C12H14FN3O4S. The standard InChI is InChI=1S/C12H14FN3O4S/c13-9-1-2-12(10(5-9)16(17)18)21(19,20)15-4-3-8-6-14-7-11(8)15/h1-2,5,8,11,14H,3-4,6-7H2/t8-,11+/m0/s1. The lowest BCUT2D eigenvalue weighted by molar-refractivity contribution is -0.388. The molecular weight excluding hydrogens is 301 g/mol. The predicted octanol–water partition coefficient (Wildman–Crippen LogP) is 0.716. The zero-order chi connectivity index (χ0) is 15.2. The van der Waals surface area contributed by atoms with Crippen molar-refractivity contribution >= 4 is 15.7 Å². The molecule has 0 bridgehead atoms. The van der Waals surface area contributed by atoms with E-state index in [1.165, 1.54) is 4.31 Å². The van der Waals surface area contributed by atoms with Crippen molar-refractivity contribution in [2.75, 3.05) is 19.6 Å². The van der Waals surface area contributed by atoms with Gasteiger partial charge in [-0.3, -0.25) is 10.1 Å². The number of nitro groups is 1. The normalized spacial score (nSPS) is 26.0. The third kappa shape index (κ3) is 2.30. The monoisotopic (exact) mass is 315 g/mol. The minimum absolute atomic E-state index is 0.181. The second kappa shape index (κ2) is 5.00. The van der Waals surface area contributed by atoms with Crippen molar-refractivity contribution in [3.05, 3.63) is 34.1 Å². The van der Waals surface area contributed by atoms with E-state index in [1.807, 2.05) is 0 Å². The van der Waals surface area contributed by atoms with Gasteiger partial charge in [-0.05, 0) is 31.0 Å². The fourth-order valence-corrected chi connectivity index (χ4v) is 4.93. The van der Waals surface area contributed by atoms with Crippen molar-refractivity contribution in [1.82, 2.24) is 9.62 Å². The maximum Gasteiger partial charge on any atom is 0.292 e. The number of halogens is 1. The Hall–Kier alpha value is -1.58. The third-order valence-electron chi connectivity index (χ3n) is 4.10. The summed E-state index contributed by atoms with van der Waals surface area (Å²) < 4.78 is 39.8. The van der Waals surface area contributed by atoms with Gasteiger partial charge >= 0.3 is 0 Å². The van der Waals surface area contributed by atoms with Gasteiger partial charge in [-0.15, -0.1) is 0 Å². The summed E-state index contributed by atoms with van der Waals surface area (Å²) in [5, 5.41) is 14.1. The maximum atomic E-state index is 13.2. The number of sulfonamides is 1. The molecule has 114 valence electrons. The number of nitro benzene ring substituents is 1. The SMILES string of the molecule is O=[N+]([O-])c1cc(F)ccc1S(=O)(=O)N1CC[C@H]2CNC[C@H]21. The van der Waals surface area contributed by atoms with E-state index in [0.29, 0.717) is 19.2 Å². The van der Waals surface area contributed by atoms with Gasteiger partial charge in [0, 0.05) is 19.1 Å². The Bertz CT molecular complexity index is 694. The van der Waals surface area contributed by atoms with Crippen molar-refractivity contribution in [1.29, 1.82) is 0 Å². The van der Waals surface area contributed by atoms with Gasteiger partial charge in [0.15, 0.2) is 4.90 Å². The Kier molecular flexibility index (Phi) is 3.42. The first-order valence-corrected chi connectivity index (χ1v) is 8.02. The van der Waals surface area contributed by atoms with Crippen LogP contribution in [0.3, 0.4) is 0 Å². The quantitative estimate of drug-likeness (QED) is 0.655. The average molecular weight is 315 g/mol. The van der Waals surface area contributed by atoms with Gasteiger partial charge in [0.05, 0.1) is 11.0 Å². The highest BCUT2D eigenvalue weighted by atomic mass is 32.2. The predicted molar refractivity (Wildman–Crippen MR) is 71.7 cm³/mol. The van der Waals surface area contributed by atoms with Crippen molar-refractivity contribution in [3.8, 4) is 0 Å². The molecule has 2 atom stereocenters. The lowest BCUT2D eigenvalue weighted by Crippen LogP contribution is -2.39. The first kappa shape index (κ1) is 14.4. The van der Waals surface area contributed by atoms with Gasteiger partial charge in [0.2, 0.25) is 10.0 Å². The number of nitrogens with one attached hydrogen (secondary N) is 1. The molecule has 9 heteroatoms. The lowest BCUT2D eigenvalue weighted by atomic mass is 10.1. The van der Waals surface area contributed by atoms with Gasteiger partial charge < -0.3 is 5.32 Å². The Labute approximate surface area is 120 Å². The van der Waals surface area contributed by atoms with E-state index in [0.717, 1.165) is 25.1 Å². The summed E-state index contributed by atoms with van der Waals surface area (Å²) in [5.74, 6) is -0.596. The van der Waals surface area contributed by atoms with Crippen LogP contribution in [0.1, 0.15) is 6.42 Å². The molecule has 7 nitrogen and oxygen atoms in total. The Morgan fingerprint density at radius 2 is 2.14 bits per heavy atom. The molecule has 2 heterocycles. The number of rotatable bonds is 3. The first-order valence-electron chi connectivity index (χ1n) is 6.58. The zero-order valence-electron chi connectivity index (χ0n) is 11.0. The fourth-order valence-electron chi connectivity index (χ4n) is 3.09. The summed E-state index contributed by atoms with van der Waals surface area (Å²) in [6, 6.07) is 2.37. The fraction of sp³-hybridized carbons (Fsp3) is 0.500. The van der Waals surface area contributed by atoms with Gasteiger partial charge in [0.25, 0.3) is 5.69 Å². The van der Waals surface area contributed by atoms with Gasteiger partial charge in [-0.1, -0.05) is 0 Å². The van der Waals surface area contributed by atoms with Crippen molar-refractivity contribution in [2.24, 2.45) is 5.92 Å². The maximum absolute atomic E-state index is 13.2. The zero-order valence-corrected chi connectivity index (χ0v) is 11.8.